The Hall–Kier alpha value is -2.80. The first kappa shape index (κ1) is 21.4. The van der Waals surface area contributed by atoms with Crippen LogP contribution in [0, 0.1) is 0 Å². The molecule has 1 aromatic heterocycles. The summed E-state index contributed by atoms with van der Waals surface area (Å²) in [5, 5.41) is 12.3. The van der Waals surface area contributed by atoms with Crippen molar-refractivity contribution in [1.82, 2.24) is 20.1 Å². The molecule has 0 saturated heterocycles. The molecule has 0 spiro atoms. The van der Waals surface area contributed by atoms with Gasteiger partial charge in [0, 0.05) is 13.1 Å². The number of ether oxygens (including phenoxy) is 1. The molecule has 162 valence electrons. The van der Waals surface area contributed by atoms with Crippen molar-refractivity contribution in [2.24, 2.45) is 0 Å². The highest BCUT2D eigenvalue weighted by Gasteiger charge is 2.15. The van der Waals surface area contributed by atoms with Gasteiger partial charge in [-0.3, -0.25) is 4.79 Å². The van der Waals surface area contributed by atoms with E-state index in [1.165, 1.54) is 42.2 Å². The Kier molecular flexibility index (Phi) is 7.25. The summed E-state index contributed by atoms with van der Waals surface area (Å²) in [6, 6.07) is 16.3. The molecule has 1 amide bonds. The zero-order valence-corrected chi connectivity index (χ0v) is 18.7. The molecule has 0 fully saturated rings. The molecule has 0 radical (unpaired) electrons. The molecule has 31 heavy (non-hydrogen) atoms. The number of carbonyl (C=O) groups excluding carboxylic acids is 1. The topological polar surface area (TPSA) is 69.0 Å². The van der Waals surface area contributed by atoms with Gasteiger partial charge >= 0.3 is 0 Å². The maximum atomic E-state index is 12.2. The molecular formula is C24H28N4O2S. The van der Waals surface area contributed by atoms with Gasteiger partial charge in [0.05, 0.1) is 5.75 Å². The zero-order valence-electron chi connectivity index (χ0n) is 17.8. The van der Waals surface area contributed by atoms with Crippen molar-refractivity contribution in [3.8, 4) is 5.75 Å². The molecule has 1 aliphatic rings. The van der Waals surface area contributed by atoms with Crippen molar-refractivity contribution in [1.29, 1.82) is 0 Å². The van der Waals surface area contributed by atoms with Crippen molar-refractivity contribution in [3.63, 3.8) is 0 Å². The largest absolute Gasteiger partial charge is 0.486 e. The van der Waals surface area contributed by atoms with Gasteiger partial charge in [0.25, 0.3) is 0 Å². The van der Waals surface area contributed by atoms with Gasteiger partial charge < -0.3 is 14.6 Å². The van der Waals surface area contributed by atoms with Crippen molar-refractivity contribution in [2.45, 2.75) is 57.5 Å². The molecular weight excluding hydrogens is 408 g/mol. The highest BCUT2D eigenvalue weighted by atomic mass is 32.2. The number of nitrogens with zero attached hydrogens (tertiary/aromatic N) is 3. The van der Waals surface area contributed by atoms with E-state index in [1.54, 1.807) is 0 Å². The number of aromatic nitrogens is 3. The first-order valence-corrected chi connectivity index (χ1v) is 11.8. The second-order valence-electron chi connectivity index (χ2n) is 7.62. The third-order valence-electron chi connectivity index (χ3n) is 5.46. The van der Waals surface area contributed by atoms with Crippen LogP contribution in [-0.4, -0.2) is 26.4 Å². The van der Waals surface area contributed by atoms with E-state index in [0.29, 0.717) is 18.9 Å². The van der Waals surface area contributed by atoms with Gasteiger partial charge in [-0.1, -0.05) is 48.2 Å². The molecule has 0 atom stereocenters. The zero-order chi connectivity index (χ0) is 21.5. The normalized spacial score (nSPS) is 12.9. The molecule has 0 bridgehead atoms. The lowest BCUT2D eigenvalue weighted by atomic mass is 9.92. The van der Waals surface area contributed by atoms with Crippen LogP contribution in [0.5, 0.6) is 5.75 Å². The molecule has 0 saturated carbocycles. The lowest BCUT2D eigenvalue weighted by Gasteiger charge is -2.16. The minimum Gasteiger partial charge on any atom is -0.486 e. The molecule has 0 unspecified atom stereocenters. The Morgan fingerprint density at radius 2 is 1.90 bits per heavy atom. The summed E-state index contributed by atoms with van der Waals surface area (Å²) < 4.78 is 8.02. The van der Waals surface area contributed by atoms with Gasteiger partial charge in [0.15, 0.2) is 11.0 Å². The Labute approximate surface area is 187 Å². The van der Waals surface area contributed by atoms with Gasteiger partial charge in [-0.25, -0.2) is 0 Å². The molecule has 0 aliphatic heterocycles. The Bertz CT molecular complexity index is 1020. The Morgan fingerprint density at radius 1 is 1.10 bits per heavy atom. The van der Waals surface area contributed by atoms with E-state index in [9.17, 15) is 4.79 Å². The van der Waals surface area contributed by atoms with Crippen LogP contribution in [0.15, 0.2) is 53.7 Å². The van der Waals surface area contributed by atoms with E-state index in [4.69, 9.17) is 4.74 Å². The minimum absolute atomic E-state index is 0.0219. The van der Waals surface area contributed by atoms with Crippen molar-refractivity contribution < 1.29 is 9.53 Å². The van der Waals surface area contributed by atoms with Gasteiger partial charge in [0.2, 0.25) is 5.91 Å². The maximum absolute atomic E-state index is 12.2. The number of benzene rings is 2. The number of hydrogen-bond donors (Lipinski definition) is 1. The lowest BCUT2D eigenvalue weighted by Crippen LogP contribution is -2.24. The van der Waals surface area contributed by atoms with Crippen molar-refractivity contribution in [3.05, 3.63) is 71.0 Å². The van der Waals surface area contributed by atoms with E-state index in [-0.39, 0.29) is 5.91 Å². The smallest absolute Gasteiger partial charge is 0.230 e. The number of aryl methyl sites for hydroxylation is 2. The quantitative estimate of drug-likeness (QED) is 0.510. The molecule has 6 nitrogen and oxygen atoms in total. The monoisotopic (exact) mass is 436 g/mol. The van der Waals surface area contributed by atoms with E-state index in [1.807, 2.05) is 47.9 Å². The predicted octanol–water partition coefficient (Wildman–Crippen LogP) is 4.16. The summed E-state index contributed by atoms with van der Waals surface area (Å²) in [7, 11) is 0. The maximum Gasteiger partial charge on any atom is 0.230 e. The summed E-state index contributed by atoms with van der Waals surface area (Å²) in [5.74, 6) is 1.93. The number of rotatable bonds is 9. The van der Waals surface area contributed by atoms with E-state index < -0.39 is 0 Å². The summed E-state index contributed by atoms with van der Waals surface area (Å²) in [5.41, 5.74) is 3.93. The first-order chi connectivity index (χ1) is 15.2. The second-order valence-corrected chi connectivity index (χ2v) is 8.56. The Balaban J connectivity index is 1.30. The molecule has 7 heteroatoms. The highest BCUT2D eigenvalue weighted by Crippen LogP contribution is 2.26. The number of amides is 1. The number of fused-ring (bicyclic) bond motifs is 1. The summed E-state index contributed by atoms with van der Waals surface area (Å²) >= 11 is 1.40. The van der Waals surface area contributed by atoms with Crippen molar-refractivity contribution in [2.75, 3.05) is 5.75 Å². The number of carbonyl (C=O) groups is 1. The lowest BCUT2D eigenvalue weighted by molar-refractivity contribution is -0.118. The fourth-order valence-corrected chi connectivity index (χ4v) is 4.63. The third kappa shape index (κ3) is 5.67. The van der Waals surface area contributed by atoms with Crippen LogP contribution in [0.2, 0.25) is 0 Å². The number of nitrogens with one attached hydrogen (secondary N) is 1. The van der Waals surface area contributed by atoms with Crippen LogP contribution in [0.1, 0.15) is 42.3 Å². The predicted molar refractivity (Wildman–Crippen MR) is 122 cm³/mol. The number of hydrogen-bond acceptors (Lipinski definition) is 5. The van der Waals surface area contributed by atoms with Crippen molar-refractivity contribution >= 4 is 17.7 Å². The van der Waals surface area contributed by atoms with E-state index in [0.717, 1.165) is 35.3 Å². The first-order valence-electron chi connectivity index (χ1n) is 10.8. The molecule has 1 N–H and O–H groups in total. The molecule has 2 aromatic carbocycles. The Morgan fingerprint density at radius 3 is 2.71 bits per heavy atom. The average Bonchev–Trinajstić information content (AvgIpc) is 3.22. The molecule has 3 aromatic rings. The van der Waals surface area contributed by atoms with Crippen LogP contribution < -0.4 is 10.1 Å². The molecule has 1 aliphatic carbocycles. The molecule has 4 rings (SSSR count). The third-order valence-corrected chi connectivity index (χ3v) is 6.43. The van der Waals surface area contributed by atoms with Gasteiger partial charge in [0.1, 0.15) is 12.4 Å². The van der Waals surface area contributed by atoms with E-state index in [2.05, 4.69) is 27.6 Å². The van der Waals surface area contributed by atoms with Crippen LogP contribution in [0.3, 0.4) is 0 Å². The summed E-state index contributed by atoms with van der Waals surface area (Å²) in [4.78, 5) is 12.2. The standard InChI is InChI=1S/C24H28N4O2S/c1-2-28-22(16-30-21-13-12-19-10-6-7-11-20(19)14-21)26-27-24(28)31-17-23(29)25-15-18-8-4-3-5-9-18/h3-5,8-9,12-14H,2,6-7,10-11,15-17H2,1H3,(H,25,29). The summed E-state index contributed by atoms with van der Waals surface area (Å²) in [6.45, 7) is 3.66. The van der Waals surface area contributed by atoms with Crippen LogP contribution in [0.4, 0.5) is 0 Å². The second kappa shape index (κ2) is 10.5. The van der Waals surface area contributed by atoms with Crippen LogP contribution in [-0.2, 0) is 37.3 Å². The molecule has 1 heterocycles. The van der Waals surface area contributed by atoms with Crippen LogP contribution >= 0.6 is 11.8 Å². The fourth-order valence-electron chi connectivity index (χ4n) is 3.78. The van der Waals surface area contributed by atoms with E-state index >= 15 is 0 Å². The highest BCUT2D eigenvalue weighted by molar-refractivity contribution is 7.99. The van der Waals surface area contributed by atoms with Gasteiger partial charge in [-0.2, -0.15) is 0 Å². The van der Waals surface area contributed by atoms with Gasteiger partial charge in [-0.15, -0.1) is 10.2 Å². The summed E-state index contributed by atoms with van der Waals surface area (Å²) in [6.07, 6.45) is 4.82. The number of thioether (sulfide) groups is 1. The van der Waals surface area contributed by atoms with Crippen LogP contribution in [0.25, 0.3) is 0 Å². The van der Waals surface area contributed by atoms with Gasteiger partial charge in [-0.05, 0) is 61.4 Å². The average molecular weight is 437 g/mol. The fraction of sp³-hybridized carbons (Fsp3) is 0.375. The minimum atomic E-state index is -0.0219. The SMILES string of the molecule is CCn1c(COc2ccc3c(c2)CCCC3)nnc1SCC(=O)NCc1ccccc1.